The van der Waals surface area contributed by atoms with Gasteiger partial charge in [0.15, 0.2) is 0 Å². The fourth-order valence-electron chi connectivity index (χ4n) is 1.85. The van der Waals surface area contributed by atoms with Crippen molar-refractivity contribution in [2.24, 2.45) is 0 Å². The average molecular weight is 221 g/mol. The summed E-state index contributed by atoms with van der Waals surface area (Å²) < 4.78 is 5.37. The van der Waals surface area contributed by atoms with Crippen LogP contribution in [0.25, 0.3) is 0 Å². The molecule has 1 aromatic rings. The molecule has 86 valence electrons. The summed E-state index contributed by atoms with van der Waals surface area (Å²) in [6, 6.07) is 7.36. The highest BCUT2D eigenvalue weighted by Gasteiger charge is 2.29. The molecule has 1 fully saturated rings. The van der Waals surface area contributed by atoms with Crippen LogP contribution in [-0.2, 0) is 4.79 Å². The first kappa shape index (κ1) is 11.0. The molecule has 0 radical (unpaired) electrons. The minimum absolute atomic E-state index is 0.0406. The summed E-state index contributed by atoms with van der Waals surface area (Å²) in [6.07, 6.45) is -0.345. The monoisotopic (exact) mass is 221 g/mol. The maximum Gasteiger partial charge on any atom is 0.229 e. The Bertz CT molecular complexity index is 392. The minimum Gasteiger partial charge on any atom is -0.494 e. The summed E-state index contributed by atoms with van der Waals surface area (Å²) >= 11 is 0. The average Bonchev–Trinajstić information content (AvgIpc) is 2.59. The molecule has 16 heavy (non-hydrogen) atoms. The van der Waals surface area contributed by atoms with Gasteiger partial charge in [-0.15, -0.1) is 0 Å². The van der Waals surface area contributed by atoms with E-state index in [2.05, 4.69) is 0 Å². The lowest BCUT2D eigenvalue weighted by molar-refractivity contribution is -0.117. The zero-order chi connectivity index (χ0) is 11.5. The number of carbonyl (C=O) groups excluding carboxylic acids is 1. The van der Waals surface area contributed by atoms with Gasteiger partial charge in [-0.2, -0.15) is 0 Å². The van der Waals surface area contributed by atoms with Gasteiger partial charge in [-0.05, 0) is 19.1 Å². The van der Waals surface area contributed by atoms with Gasteiger partial charge in [0.05, 0.1) is 25.7 Å². The molecule has 1 unspecified atom stereocenters. The smallest absolute Gasteiger partial charge is 0.229 e. The molecule has 0 aromatic heterocycles. The molecule has 4 nitrogen and oxygen atoms in total. The molecule has 1 N–H and O–H groups in total. The van der Waals surface area contributed by atoms with E-state index in [0.29, 0.717) is 13.2 Å². The lowest BCUT2D eigenvalue weighted by Crippen LogP contribution is -2.25. The molecule has 1 amide bonds. The maximum atomic E-state index is 11.6. The first-order chi connectivity index (χ1) is 7.70. The van der Waals surface area contributed by atoms with E-state index in [1.165, 1.54) is 0 Å². The highest BCUT2D eigenvalue weighted by Crippen LogP contribution is 2.25. The highest BCUT2D eigenvalue weighted by molar-refractivity contribution is 5.96. The number of amides is 1. The van der Waals surface area contributed by atoms with Crippen LogP contribution in [0.4, 0.5) is 5.69 Å². The van der Waals surface area contributed by atoms with Gasteiger partial charge in [0.25, 0.3) is 0 Å². The summed E-state index contributed by atoms with van der Waals surface area (Å²) in [5, 5.41) is 9.41. The molecule has 1 aromatic carbocycles. The van der Waals surface area contributed by atoms with Crippen LogP contribution >= 0.6 is 0 Å². The van der Waals surface area contributed by atoms with Crippen LogP contribution in [0.2, 0.25) is 0 Å². The van der Waals surface area contributed by atoms with Crippen LogP contribution in [0.5, 0.6) is 5.75 Å². The second-order valence-corrected chi connectivity index (χ2v) is 3.79. The maximum absolute atomic E-state index is 11.6. The molecule has 0 bridgehead atoms. The van der Waals surface area contributed by atoms with Crippen molar-refractivity contribution in [1.29, 1.82) is 0 Å². The SMILES string of the molecule is CCOc1cccc(N2CC(O)CC2=O)c1. The van der Waals surface area contributed by atoms with E-state index in [-0.39, 0.29) is 12.3 Å². The normalized spacial score (nSPS) is 20.2. The lowest BCUT2D eigenvalue weighted by atomic mass is 10.3. The predicted octanol–water partition coefficient (Wildman–Crippen LogP) is 1.18. The van der Waals surface area contributed by atoms with E-state index in [1.54, 1.807) is 4.90 Å². The van der Waals surface area contributed by atoms with Gasteiger partial charge in [-0.25, -0.2) is 0 Å². The predicted molar refractivity (Wildman–Crippen MR) is 60.6 cm³/mol. The topological polar surface area (TPSA) is 49.8 Å². The number of anilines is 1. The Labute approximate surface area is 94.4 Å². The fourth-order valence-corrected chi connectivity index (χ4v) is 1.85. The number of ether oxygens (including phenoxy) is 1. The number of aliphatic hydroxyl groups excluding tert-OH is 1. The molecule has 0 aliphatic carbocycles. The van der Waals surface area contributed by atoms with Crippen LogP contribution in [0.15, 0.2) is 24.3 Å². The molecule has 1 aliphatic heterocycles. The second kappa shape index (κ2) is 4.53. The zero-order valence-electron chi connectivity index (χ0n) is 9.22. The van der Waals surface area contributed by atoms with Crippen molar-refractivity contribution in [3.63, 3.8) is 0 Å². The Hall–Kier alpha value is -1.55. The first-order valence-corrected chi connectivity index (χ1v) is 5.42. The Balaban J connectivity index is 2.20. The quantitative estimate of drug-likeness (QED) is 0.834. The van der Waals surface area contributed by atoms with Gasteiger partial charge in [-0.3, -0.25) is 4.79 Å². The van der Waals surface area contributed by atoms with Crippen LogP contribution in [0.3, 0.4) is 0 Å². The Morgan fingerprint density at radius 1 is 1.56 bits per heavy atom. The third-order valence-corrected chi connectivity index (χ3v) is 2.54. The number of hydrogen-bond acceptors (Lipinski definition) is 3. The molecule has 0 spiro atoms. The van der Waals surface area contributed by atoms with Gasteiger partial charge in [0.1, 0.15) is 5.75 Å². The largest absolute Gasteiger partial charge is 0.494 e. The molecule has 1 atom stereocenters. The zero-order valence-corrected chi connectivity index (χ0v) is 9.22. The molecule has 1 aliphatic rings. The summed E-state index contributed by atoms with van der Waals surface area (Å²) in [6.45, 7) is 2.88. The lowest BCUT2D eigenvalue weighted by Gasteiger charge is -2.16. The van der Waals surface area contributed by atoms with E-state index in [1.807, 2.05) is 31.2 Å². The number of rotatable bonds is 3. The molecule has 0 saturated carbocycles. The molecule has 1 saturated heterocycles. The first-order valence-electron chi connectivity index (χ1n) is 5.42. The van der Waals surface area contributed by atoms with E-state index >= 15 is 0 Å². The number of aliphatic hydroxyl groups is 1. The van der Waals surface area contributed by atoms with Crippen molar-refractivity contribution < 1.29 is 14.6 Å². The van der Waals surface area contributed by atoms with Crippen molar-refractivity contribution >= 4 is 11.6 Å². The molecule has 1 heterocycles. The molecular formula is C12H15NO3. The van der Waals surface area contributed by atoms with Crippen molar-refractivity contribution in [2.45, 2.75) is 19.4 Å². The Morgan fingerprint density at radius 2 is 2.38 bits per heavy atom. The van der Waals surface area contributed by atoms with E-state index in [0.717, 1.165) is 11.4 Å². The third kappa shape index (κ3) is 2.17. The van der Waals surface area contributed by atoms with Crippen molar-refractivity contribution in [3.8, 4) is 5.75 Å². The summed E-state index contributed by atoms with van der Waals surface area (Å²) in [7, 11) is 0. The summed E-state index contributed by atoms with van der Waals surface area (Å²) in [5.74, 6) is 0.704. The standard InChI is InChI=1S/C12H15NO3/c1-2-16-11-5-3-4-9(6-11)13-8-10(14)7-12(13)15/h3-6,10,14H,2,7-8H2,1H3. The van der Waals surface area contributed by atoms with Gasteiger partial charge in [-0.1, -0.05) is 6.07 Å². The molecular weight excluding hydrogens is 206 g/mol. The van der Waals surface area contributed by atoms with Crippen LogP contribution < -0.4 is 9.64 Å². The van der Waals surface area contributed by atoms with Crippen molar-refractivity contribution in [1.82, 2.24) is 0 Å². The number of carbonyl (C=O) groups is 1. The Morgan fingerprint density at radius 3 is 3.00 bits per heavy atom. The van der Waals surface area contributed by atoms with Crippen LogP contribution in [-0.4, -0.2) is 30.3 Å². The molecule has 2 rings (SSSR count). The van der Waals surface area contributed by atoms with E-state index in [4.69, 9.17) is 4.74 Å². The van der Waals surface area contributed by atoms with E-state index in [9.17, 15) is 9.90 Å². The van der Waals surface area contributed by atoms with Crippen LogP contribution in [0, 0.1) is 0 Å². The fraction of sp³-hybridized carbons (Fsp3) is 0.417. The number of nitrogens with zero attached hydrogens (tertiary/aromatic N) is 1. The van der Waals surface area contributed by atoms with Gasteiger partial charge in [0.2, 0.25) is 5.91 Å². The summed E-state index contributed by atoms with van der Waals surface area (Å²) in [5.41, 5.74) is 0.785. The third-order valence-electron chi connectivity index (χ3n) is 2.54. The van der Waals surface area contributed by atoms with Crippen molar-refractivity contribution in [2.75, 3.05) is 18.1 Å². The van der Waals surface area contributed by atoms with Gasteiger partial charge in [0, 0.05) is 11.8 Å². The minimum atomic E-state index is -0.553. The van der Waals surface area contributed by atoms with Crippen LogP contribution in [0.1, 0.15) is 13.3 Å². The Kier molecular flexibility index (Phi) is 3.10. The number of hydrogen-bond donors (Lipinski definition) is 1. The highest BCUT2D eigenvalue weighted by atomic mass is 16.5. The van der Waals surface area contributed by atoms with Gasteiger partial charge < -0.3 is 14.7 Å². The van der Waals surface area contributed by atoms with Gasteiger partial charge >= 0.3 is 0 Å². The van der Waals surface area contributed by atoms with Crippen molar-refractivity contribution in [3.05, 3.63) is 24.3 Å². The van der Waals surface area contributed by atoms with E-state index < -0.39 is 6.10 Å². The summed E-state index contributed by atoms with van der Waals surface area (Å²) in [4.78, 5) is 13.2. The second-order valence-electron chi connectivity index (χ2n) is 3.79. The number of β-amino-alcohol motifs (C(OH)–C–C–N with tert-alkyl or cyclic N) is 1. The number of benzene rings is 1. The molecule has 4 heteroatoms.